The maximum atomic E-state index is 12.5. The molecule has 1 saturated heterocycles. The van der Waals surface area contributed by atoms with Crippen LogP contribution in [-0.4, -0.2) is 50.0 Å². The van der Waals surface area contributed by atoms with Gasteiger partial charge in [0.15, 0.2) is 8.68 Å². The fourth-order valence-electron chi connectivity index (χ4n) is 2.00. The molecule has 20 heavy (non-hydrogen) atoms. The number of thiazole rings is 1. The Balaban J connectivity index is 2.13. The van der Waals surface area contributed by atoms with E-state index >= 15 is 0 Å². The highest BCUT2D eigenvalue weighted by Gasteiger charge is 2.35. The van der Waals surface area contributed by atoms with Crippen molar-refractivity contribution < 1.29 is 17.9 Å². The van der Waals surface area contributed by atoms with Crippen molar-refractivity contribution >= 4 is 39.1 Å². The molecule has 1 fully saturated rings. The topological polar surface area (TPSA) is 88.6 Å². The van der Waals surface area contributed by atoms with Gasteiger partial charge in [0.05, 0.1) is 12.8 Å². The van der Waals surface area contributed by atoms with Crippen molar-refractivity contribution in [1.29, 1.82) is 0 Å². The average Bonchev–Trinajstić information content (AvgIpc) is 2.96. The van der Waals surface area contributed by atoms with Crippen molar-refractivity contribution in [2.24, 2.45) is 0 Å². The minimum absolute atomic E-state index is 0.154. The molecule has 0 bridgehead atoms. The standard InChI is InChI=1S/C10H14ClN3O4S2/c1-6-8(19-9(11)12-6)20(16,17)14-4-3-7(5-14)13-10(15)18-2/h7H,3-5H2,1-2H3,(H,13,15). The second kappa shape index (κ2) is 5.84. The van der Waals surface area contributed by atoms with Gasteiger partial charge in [0.1, 0.15) is 0 Å². The summed E-state index contributed by atoms with van der Waals surface area (Å²) < 4.78 is 31.1. The Morgan fingerprint density at radius 2 is 2.30 bits per heavy atom. The molecule has 2 heterocycles. The van der Waals surface area contributed by atoms with Crippen LogP contribution in [0.2, 0.25) is 4.47 Å². The van der Waals surface area contributed by atoms with Gasteiger partial charge in [0.25, 0.3) is 10.0 Å². The highest BCUT2D eigenvalue weighted by Crippen LogP contribution is 2.30. The molecule has 0 radical (unpaired) electrons. The lowest BCUT2D eigenvalue weighted by Crippen LogP contribution is -2.38. The van der Waals surface area contributed by atoms with Crippen LogP contribution in [0.3, 0.4) is 0 Å². The van der Waals surface area contributed by atoms with E-state index in [1.807, 2.05) is 0 Å². The normalized spacial score (nSPS) is 20.1. The Labute approximate surface area is 125 Å². The molecule has 1 aromatic rings. The number of nitrogens with one attached hydrogen (secondary N) is 1. The molecular weight excluding hydrogens is 326 g/mol. The maximum Gasteiger partial charge on any atom is 0.407 e. The van der Waals surface area contributed by atoms with E-state index in [9.17, 15) is 13.2 Å². The summed E-state index contributed by atoms with van der Waals surface area (Å²) in [4.78, 5) is 15.0. The summed E-state index contributed by atoms with van der Waals surface area (Å²) in [5.41, 5.74) is 0.393. The van der Waals surface area contributed by atoms with Crippen molar-refractivity contribution in [3.8, 4) is 0 Å². The van der Waals surface area contributed by atoms with Gasteiger partial charge in [-0.1, -0.05) is 22.9 Å². The Hall–Kier alpha value is -0.900. The van der Waals surface area contributed by atoms with E-state index in [0.717, 1.165) is 11.3 Å². The number of halogens is 1. The molecule has 0 saturated carbocycles. The molecule has 1 aromatic heterocycles. The molecule has 1 N–H and O–H groups in total. The van der Waals surface area contributed by atoms with Gasteiger partial charge in [0, 0.05) is 19.1 Å². The first kappa shape index (κ1) is 15.5. The van der Waals surface area contributed by atoms with E-state index in [2.05, 4.69) is 15.0 Å². The number of sulfonamides is 1. The molecular formula is C10H14ClN3O4S2. The third-order valence-electron chi connectivity index (χ3n) is 2.96. The van der Waals surface area contributed by atoms with E-state index in [-0.39, 0.29) is 21.3 Å². The van der Waals surface area contributed by atoms with Crippen LogP contribution in [0.4, 0.5) is 4.79 Å². The lowest BCUT2D eigenvalue weighted by atomic mass is 10.3. The predicted molar refractivity (Wildman–Crippen MR) is 74.6 cm³/mol. The minimum atomic E-state index is -3.61. The Morgan fingerprint density at radius 1 is 1.60 bits per heavy atom. The van der Waals surface area contributed by atoms with E-state index in [1.54, 1.807) is 6.92 Å². The quantitative estimate of drug-likeness (QED) is 0.894. The van der Waals surface area contributed by atoms with Crippen LogP contribution in [0.1, 0.15) is 12.1 Å². The summed E-state index contributed by atoms with van der Waals surface area (Å²) in [6.45, 7) is 2.16. The largest absolute Gasteiger partial charge is 0.453 e. The number of hydrogen-bond acceptors (Lipinski definition) is 6. The van der Waals surface area contributed by atoms with Crippen molar-refractivity contribution in [2.45, 2.75) is 23.6 Å². The molecule has 0 aromatic carbocycles. The number of hydrogen-bond donors (Lipinski definition) is 1. The number of nitrogens with zero attached hydrogens (tertiary/aromatic N) is 2. The number of methoxy groups -OCH3 is 1. The van der Waals surface area contributed by atoms with Gasteiger partial charge in [-0.25, -0.2) is 18.2 Å². The van der Waals surface area contributed by atoms with Crippen LogP contribution >= 0.6 is 22.9 Å². The summed E-state index contributed by atoms with van der Waals surface area (Å²) in [5.74, 6) is 0. The molecule has 1 atom stereocenters. The summed E-state index contributed by atoms with van der Waals surface area (Å²) in [7, 11) is -2.35. The second-order valence-electron chi connectivity index (χ2n) is 4.32. The van der Waals surface area contributed by atoms with Crippen LogP contribution in [0, 0.1) is 6.92 Å². The summed E-state index contributed by atoms with van der Waals surface area (Å²) in [6, 6.07) is -0.249. The van der Waals surface area contributed by atoms with E-state index in [1.165, 1.54) is 11.4 Å². The lowest BCUT2D eigenvalue weighted by Gasteiger charge is -2.16. The molecule has 0 aliphatic carbocycles. The molecule has 0 spiro atoms. The molecule has 1 unspecified atom stereocenters. The first-order chi connectivity index (χ1) is 9.34. The lowest BCUT2D eigenvalue weighted by molar-refractivity contribution is 0.167. The summed E-state index contributed by atoms with van der Waals surface area (Å²) >= 11 is 6.69. The third kappa shape index (κ3) is 3.05. The molecule has 7 nitrogen and oxygen atoms in total. The van der Waals surface area contributed by atoms with Crippen molar-refractivity contribution in [3.63, 3.8) is 0 Å². The first-order valence-electron chi connectivity index (χ1n) is 5.82. The Kier molecular flexibility index (Phi) is 4.52. The predicted octanol–water partition coefficient (Wildman–Crippen LogP) is 1.22. The van der Waals surface area contributed by atoms with Crippen LogP contribution in [-0.2, 0) is 14.8 Å². The fraction of sp³-hybridized carbons (Fsp3) is 0.600. The van der Waals surface area contributed by atoms with E-state index < -0.39 is 16.1 Å². The Morgan fingerprint density at radius 3 is 2.85 bits per heavy atom. The van der Waals surface area contributed by atoms with Crippen LogP contribution < -0.4 is 5.32 Å². The minimum Gasteiger partial charge on any atom is -0.453 e. The second-order valence-corrected chi connectivity index (χ2v) is 8.04. The van der Waals surface area contributed by atoms with Crippen LogP contribution in [0.25, 0.3) is 0 Å². The number of rotatable bonds is 3. The fourth-order valence-corrected chi connectivity index (χ4v) is 5.37. The Bertz CT molecular complexity index is 616. The van der Waals surface area contributed by atoms with Gasteiger partial charge in [-0.05, 0) is 13.3 Å². The molecule has 2 rings (SSSR count). The van der Waals surface area contributed by atoms with Crippen molar-refractivity contribution in [2.75, 3.05) is 20.2 Å². The molecule has 112 valence electrons. The summed E-state index contributed by atoms with van der Waals surface area (Å²) in [6.07, 6.45) is -0.0221. The van der Waals surface area contributed by atoms with E-state index in [0.29, 0.717) is 18.7 Å². The zero-order valence-corrected chi connectivity index (χ0v) is 13.3. The first-order valence-corrected chi connectivity index (χ1v) is 8.45. The van der Waals surface area contributed by atoms with Gasteiger partial charge >= 0.3 is 6.09 Å². The zero-order valence-electron chi connectivity index (χ0n) is 10.9. The number of amides is 1. The van der Waals surface area contributed by atoms with Crippen LogP contribution in [0.15, 0.2) is 4.21 Å². The SMILES string of the molecule is COC(=O)NC1CCN(S(=O)(=O)c2sc(Cl)nc2C)C1. The number of aromatic nitrogens is 1. The maximum absolute atomic E-state index is 12.5. The number of aryl methyl sites for hydroxylation is 1. The number of carbonyl (C=O) groups is 1. The smallest absolute Gasteiger partial charge is 0.407 e. The molecule has 1 amide bonds. The van der Waals surface area contributed by atoms with Gasteiger partial charge < -0.3 is 10.1 Å². The molecule has 1 aliphatic rings. The molecule has 1 aliphatic heterocycles. The van der Waals surface area contributed by atoms with Crippen molar-refractivity contribution in [3.05, 3.63) is 10.2 Å². The summed E-state index contributed by atoms with van der Waals surface area (Å²) in [5, 5.41) is 2.60. The van der Waals surface area contributed by atoms with Gasteiger partial charge in [-0.2, -0.15) is 4.31 Å². The third-order valence-corrected chi connectivity index (χ3v) is 6.67. The van der Waals surface area contributed by atoms with Crippen LogP contribution in [0.5, 0.6) is 0 Å². The highest BCUT2D eigenvalue weighted by atomic mass is 35.5. The zero-order chi connectivity index (χ0) is 14.9. The number of alkyl carbamates (subject to hydrolysis) is 1. The van der Waals surface area contributed by atoms with Gasteiger partial charge in [-0.3, -0.25) is 0 Å². The monoisotopic (exact) mass is 339 g/mol. The number of carbonyl (C=O) groups excluding carboxylic acids is 1. The average molecular weight is 340 g/mol. The van der Waals surface area contributed by atoms with Gasteiger partial charge in [0.2, 0.25) is 0 Å². The highest BCUT2D eigenvalue weighted by molar-refractivity contribution is 7.91. The van der Waals surface area contributed by atoms with Gasteiger partial charge in [-0.15, -0.1) is 0 Å². The van der Waals surface area contributed by atoms with E-state index in [4.69, 9.17) is 11.6 Å². The molecule has 10 heteroatoms. The number of ether oxygens (including phenoxy) is 1. The van der Waals surface area contributed by atoms with Crippen molar-refractivity contribution in [1.82, 2.24) is 14.6 Å².